The lowest BCUT2D eigenvalue weighted by molar-refractivity contribution is -0.0447. The maximum absolute atomic E-state index is 12.5. The zero-order valence-corrected chi connectivity index (χ0v) is 20.5. The molecule has 1 saturated heterocycles. The van der Waals surface area contributed by atoms with Crippen LogP contribution in [0.3, 0.4) is 0 Å². The summed E-state index contributed by atoms with van der Waals surface area (Å²) in [5, 5.41) is 4.42. The van der Waals surface area contributed by atoms with Crippen LogP contribution in [0.1, 0.15) is 43.8 Å². The van der Waals surface area contributed by atoms with Gasteiger partial charge in [-0.1, -0.05) is 42.3 Å². The van der Waals surface area contributed by atoms with Crippen LogP contribution >= 0.6 is 0 Å². The molecule has 0 N–H and O–H groups in total. The van der Waals surface area contributed by atoms with Gasteiger partial charge < -0.3 is 14.4 Å². The maximum Gasteiger partial charge on any atom is 0.410 e. The summed E-state index contributed by atoms with van der Waals surface area (Å²) < 4.78 is 13.1. The van der Waals surface area contributed by atoms with E-state index in [4.69, 9.17) is 9.47 Å². The summed E-state index contributed by atoms with van der Waals surface area (Å²) in [4.78, 5) is 23.4. The molecule has 5 rings (SSSR count). The Labute approximate surface area is 209 Å². The summed E-state index contributed by atoms with van der Waals surface area (Å²) in [5.41, 5.74) is 4.23. The minimum Gasteiger partial charge on any atom is -0.444 e. The molecular weight excluding hydrogens is 454 g/mol. The molecule has 1 atom stereocenters. The van der Waals surface area contributed by atoms with Gasteiger partial charge >= 0.3 is 6.09 Å². The number of aromatic nitrogens is 4. The smallest absolute Gasteiger partial charge is 0.410 e. The highest BCUT2D eigenvalue weighted by Crippen LogP contribution is 2.23. The highest BCUT2D eigenvalue weighted by Gasteiger charge is 2.29. The van der Waals surface area contributed by atoms with Crippen molar-refractivity contribution < 1.29 is 14.3 Å². The molecule has 4 aromatic rings. The number of amides is 1. The van der Waals surface area contributed by atoms with Crippen LogP contribution in [0, 0.1) is 11.8 Å². The fourth-order valence-corrected chi connectivity index (χ4v) is 3.89. The number of fused-ring (bicyclic) bond motifs is 1. The predicted octanol–water partition coefficient (Wildman–Crippen LogP) is 4.50. The van der Waals surface area contributed by atoms with E-state index in [1.165, 1.54) is 0 Å². The molecule has 0 saturated carbocycles. The Morgan fingerprint density at radius 2 is 1.89 bits per heavy atom. The van der Waals surface area contributed by atoms with Gasteiger partial charge in [-0.05, 0) is 44.4 Å². The number of carbonyl (C=O) groups excluding carboxylic acids is 1. The lowest BCUT2D eigenvalue weighted by Crippen LogP contribution is -2.44. The zero-order valence-electron chi connectivity index (χ0n) is 20.5. The Morgan fingerprint density at radius 1 is 1.06 bits per heavy atom. The van der Waals surface area contributed by atoms with Crippen molar-refractivity contribution in [2.24, 2.45) is 0 Å². The van der Waals surface area contributed by atoms with Crippen LogP contribution in [0.15, 0.2) is 67.1 Å². The molecule has 0 bridgehead atoms. The molecule has 182 valence electrons. The van der Waals surface area contributed by atoms with Crippen LogP contribution in [0.4, 0.5) is 4.79 Å². The Kier molecular flexibility index (Phi) is 6.40. The van der Waals surface area contributed by atoms with Crippen molar-refractivity contribution in [3.05, 3.63) is 84.1 Å². The van der Waals surface area contributed by atoms with Crippen LogP contribution < -0.4 is 0 Å². The molecule has 1 unspecified atom stereocenters. The molecular formula is C28H27N5O3. The summed E-state index contributed by atoms with van der Waals surface area (Å²) in [6.45, 7) is 6.84. The van der Waals surface area contributed by atoms with Crippen LogP contribution in [-0.4, -0.2) is 55.9 Å². The van der Waals surface area contributed by atoms with E-state index in [1.807, 2.05) is 81.7 Å². The lowest BCUT2D eigenvalue weighted by atomic mass is 10.1. The van der Waals surface area contributed by atoms with Gasteiger partial charge in [-0.2, -0.15) is 5.10 Å². The Hall–Kier alpha value is -4.22. The second kappa shape index (κ2) is 9.80. The van der Waals surface area contributed by atoms with Crippen LogP contribution in [0.2, 0.25) is 0 Å². The third kappa shape index (κ3) is 5.37. The number of rotatable bonds is 2. The Balaban J connectivity index is 1.33. The number of hydrogen-bond donors (Lipinski definition) is 0. The first-order valence-corrected chi connectivity index (χ1v) is 11.8. The summed E-state index contributed by atoms with van der Waals surface area (Å²) in [6, 6.07) is 15.7. The summed E-state index contributed by atoms with van der Waals surface area (Å²) >= 11 is 0. The first kappa shape index (κ1) is 23.5. The fourth-order valence-electron chi connectivity index (χ4n) is 3.89. The second-order valence-corrected chi connectivity index (χ2v) is 9.52. The van der Waals surface area contributed by atoms with Crippen molar-refractivity contribution in [1.29, 1.82) is 0 Å². The molecule has 1 fully saturated rings. The van der Waals surface area contributed by atoms with Gasteiger partial charge in [0.05, 0.1) is 30.6 Å². The van der Waals surface area contributed by atoms with E-state index in [0.717, 1.165) is 16.8 Å². The molecule has 0 aliphatic carbocycles. The van der Waals surface area contributed by atoms with Gasteiger partial charge in [0.25, 0.3) is 0 Å². The van der Waals surface area contributed by atoms with E-state index in [-0.39, 0.29) is 12.2 Å². The van der Waals surface area contributed by atoms with Crippen molar-refractivity contribution >= 4 is 11.7 Å². The van der Waals surface area contributed by atoms with E-state index in [2.05, 4.69) is 26.9 Å². The van der Waals surface area contributed by atoms with Crippen molar-refractivity contribution in [1.82, 2.24) is 24.5 Å². The van der Waals surface area contributed by atoms with E-state index in [0.29, 0.717) is 36.6 Å². The van der Waals surface area contributed by atoms with Crippen molar-refractivity contribution in [3.8, 4) is 23.0 Å². The maximum atomic E-state index is 12.5. The highest BCUT2D eigenvalue weighted by atomic mass is 16.6. The van der Waals surface area contributed by atoms with Crippen LogP contribution in [-0.2, 0) is 9.47 Å². The van der Waals surface area contributed by atoms with E-state index in [1.54, 1.807) is 15.6 Å². The third-order valence-electron chi connectivity index (χ3n) is 5.61. The third-order valence-corrected chi connectivity index (χ3v) is 5.61. The number of hydrogen-bond acceptors (Lipinski definition) is 6. The van der Waals surface area contributed by atoms with Gasteiger partial charge in [-0.15, -0.1) is 0 Å². The average Bonchev–Trinajstić information content (AvgIpc) is 3.29. The number of pyridine rings is 1. The topological polar surface area (TPSA) is 81.8 Å². The van der Waals surface area contributed by atoms with Gasteiger partial charge in [0.2, 0.25) is 0 Å². The number of carbonyl (C=O) groups is 1. The lowest BCUT2D eigenvalue weighted by Gasteiger charge is -2.34. The molecule has 1 aromatic carbocycles. The number of morpholine rings is 1. The summed E-state index contributed by atoms with van der Waals surface area (Å²) in [5.74, 6) is 6.26. The predicted molar refractivity (Wildman–Crippen MR) is 135 cm³/mol. The highest BCUT2D eigenvalue weighted by molar-refractivity contribution is 5.68. The van der Waals surface area contributed by atoms with E-state index >= 15 is 0 Å². The van der Waals surface area contributed by atoms with Gasteiger partial charge in [-0.25, -0.2) is 19.3 Å². The molecule has 4 heterocycles. The molecule has 1 aliphatic heterocycles. The standard InChI is InChI=1S/C28H27N5O3/c1-28(2,3)36-27(34)32-14-15-35-25(19-32)24-11-7-10-23(31-24)13-12-21-17-30-33-18-22(16-29-26(21)33)20-8-5-4-6-9-20/h4-11,16-18,25H,14-15,19H2,1-3H3. The summed E-state index contributed by atoms with van der Waals surface area (Å²) in [6.07, 6.45) is 4.79. The molecule has 8 nitrogen and oxygen atoms in total. The molecule has 3 aromatic heterocycles. The first-order valence-electron chi connectivity index (χ1n) is 11.8. The van der Waals surface area contributed by atoms with E-state index < -0.39 is 5.60 Å². The van der Waals surface area contributed by atoms with Gasteiger partial charge in [-0.3, -0.25) is 0 Å². The minimum absolute atomic E-state index is 0.344. The number of ether oxygens (including phenoxy) is 2. The molecule has 36 heavy (non-hydrogen) atoms. The fraction of sp³-hybridized carbons (Fsp3) is 0.286. The minimum atomic E-state index is -0.547. The first-order chi connectivity index (χ1) is 17.4. The molecule has 0 spiro atoms. The molecule has 1 amide bonds. The molecule has 8 heteroatoms. The quantitative estimate of drug-likeness (QED) is 0.392. The van der Waals surface area contributed by atoms with E-state index in [9.17, 15) is 4.79 Å². The van der Waals surface area contributed by atoms with Crippen molar-refractivity contribution in [3.63, 3.8) is 0 Å². The number of benzene rings is 1. The van der Waals surface area contributed by atoms with Crippen LogP contribution in [0.25, 0.3) is 16.8 Å². The average molecular weight is 482 g/mol. The van der Waals surface area contributed by atoms with Gasteiger partial charge in [0.1, 0.15) is 17.4 Å². The normalized spacial score (nSPS) is 15.9. The SMILES string of the molecule is CC(C)(C)OC(=O)N1CCOC(c2cccc(C#Cc3cnn4cc(-c5ccccc5)cnc34)n2)C1. The second-order valence-electron chi connectivity index (χ2n) is 9.52. The van der Waals surface area contributed by atoms with Crippen LogP contribution in [0.5, 0.6) is 0 Å². The monoisotopic (exact) mass is 481 g/mol. The van der Waals surface area contributed by atoms with Crippen molar-refractivity contribution in [2.75, 3.05) is 19.7 Å². The van der Waals surface area contributed by atoms with Crippen molar-refractivity contribution in [2.45, 2.75) is 32.5 Å². The van der Waals surface area contributed by atoms with Gasteiger partial charge in [0, 0.05) is 24.5 Å². The molecule has 0 radical (unpaired) electrons. The zero-order chi connectivity index (χ0) is 25.1. The number of nitrogens with zero attached hydrogens (tertiary/aromatic N) is 5. The summed E-state index contributed by atoms with van der Waals surface area (Å²) in [7, 11) is 0. The molecule has 1 aliphatic rings. The largest absolute Gasteiger partial charge is 0.444 e. The Morgan fingerprint density at radius 3 is 2.69 bits per heavy atom. The Bertz CT molecular complexity index is 1450. The van der Waals surface area contributed by atoms with Gasteiger partial charge in [0.15, 0.2) is 5.65 Å².